The van der Waals surface area contributed by atoms with E-state index in [-0.39, 0.29) is 12.8 Å². The molecular formula is C22H26F3N3O. The van der Waals surface area contributed by atoms with Gasteiger partial charge in [-0.05, 0) is 62.1 Å². The second-order valence-electron chi connectivity index (χ2n) is 8.39. The van der Waals surface area contributed by atoms with E-state index in [1.54, 1.807) is 0 Å². The number of halogens is 3. The van der Waals surface area contributed by atoms with Gasteiger partial charge >= 0.3 is 6.18 Å². The lowest BCUT2D eigenvalue weighted by Crippen LogP contribution is -2.30. The Balaban J connectivity index is 1.46. The molecule has 0 saturated heterocycles. The number of anilines is 2. The quantitative estimate of drug-likeness (QED) is 0.791. The van der Waals surface area contributed by atoms with Crippen LogP contribution in [0.25, 0.3) is 0 Å². The lowest BCUT2D eigenvalue weighted by atomic mass is 10.0. The topological polar surface area (TPSA) is 37.3 Å². The number of rotatable bonds is 4. The van der Waals surface area contributed by atoms with Crippen LogP contribution in [0.2, 0.25) is 0 Å². The number of carbonyl (C=O) groups is 1. The van der Waals surface area contributed by atoms with Crippen LogP contribution in [0.15, 0.2) is 30.5 Å². The predicted molar refractivity (Wildman–Crippen MR) is 107 cm³/mol. The summed E-state index contributed by atoms with van der Waals surface area (Å²) in [5.74, 6) is -0.562. The van der Waals surface area contributed by atoms with Gasteiger partial charge in [0.1, 0.15) is 0 Å². The van der Waals surface area contributed by atoms with Gasteiger partial charge in [-0.15, -0.1) is 0 Å². The molecule has 2 heterocycles. The van der Waals surface area contributed by atoms with Gasteiger partial charge < -0.3 is 14.8 Å². The van der Waals surface area contributed by atoms with E-state index in [4.69, 9.17) is 0 Å². The van der Waals surface area contributed by atoms with Crippen LogP contribution in [0.5, 0.6) is 0 Å². The number of nitrogens with one attached hydrogen (secondary N) is 1. The molecule has 2 aliphatic rings. The minimum atomic E-state index is -4.32. The van der Waals surface area contributed by atoms with E-state index < -0.39 is 23.9 Å². The summed E-state index contributed by atoms with van der Waals surface area (Å²) in [5.41, 5.74) is 2.95. The highest BCUT2D eigenvalue weighted by Crippen LogP contribution is 2.60. The maximum absolute atomic E-state index is 13.1. The zero-order chi connectivity index (χ0) is 20.8. The van der Waals surface area contributed by atoms with Crippen LogP contribution in [0.4, 0.5) is 24.5 Å². The predicted octanol–water partition coefficient (Wildman–Crippen LogP) is 4.84. The van der Waals surface area contributed by atoms with Crippen LogP contribution in [-0.2, 0) is 17.8 Å². The van der Waals surface area contributed by atoms with Crippen LogP contribution in [0.3, 0.4) is 0 Å². The summed E-state index contributed by atoms with van der Waals surface area (Å²) in [6, 6.07) is 8.24. The van der Waals surface area contributed by atoms with Gasteiger partial charge in [0.2, 0.25) is 5.91 Å². The minimum absolute atomic E-state index is 0.0401. The Morgan fingerprint density at radius 3 is 2.45 bits per heavy atom. The van der Waals surface area contributed by atoms with E-state index in [2.05, 4.69) is 33.1 Å². The van der Waals surface area contributed by atoms with Crippen molar-refractivity contribution in [2.45, 2.75) is 52.3 Å². The number of aromatic nitrogens is 1. The fourth-order valence-corrected chi connectivity index (χ4v) is 4.27. The molecule has 4 nitrogen and oxygen atoms in total. The number of hydrogen-bond acceptors (Lipinski definition) is 2. The third-order valence-electron chi connectivity index (χ3n) is 6.27. The lowest BCUT2D eigenvalue weighted by molar-refractivity contribution is -0.189. The normalized spacial score (nSPS) is 18.2. The Hall–Kier alpha value is -2.44. The van der Waals surface area contributed by atoms with Gasteiger partial charge in [-0.25, -0.2) is 0 Å². The average molecular weight is 405 g/mol. The van der Waals surface area contributed by atoms with Crippen molar-refractivity contribution in [2.75, 3.05) is 23.3 Å². The third kappa shape index (κ3) is 3.87. The van der Waals surface area contributed by atoms with Crippen molar-refractivity contribution in [1.29, 1.82) is 0 Å². The first-order chi connectivity index (χ1) is 13.7. The van der Waals surface area contributed by atoms with Crippen molar-refractivity contribution in [1.82, 2.24) is 4.57 Å². The van der Waals surface area contributed by atoms with Gasteiger partial charge in [0, 0.05) is 55.7 Å². The third-order valence-corrected chi connectivity index (χ3v) is 6.27. The largest absolute Gasteiger partial charge is 0.395 e. The number of fused-ring (bicyclic) bond motifs is 1. The van der Waals surface area contributed by atoms with Crippen LogP contribution in [0, 0.1) is 19.3 Å². The lowest BCUT2D eigenvalue weighted by Gasteiger charge is -2.25. The molecule has 0 radical (unpaired) electrons. The second kappa shape index (κ2) is 7.11. The Morgan fingerprint density at radius 1 is 1.14 bits per heavy atom. The number of amides is 1. The molecule has 1 aromatic heterocycles. The van der Waals surface area contributed by atoms with Crippen molar-refractivity contribution >= 4 is 17.3 Å². The van der Waals surface area contributed by atoms with E-state index in [0.29, 0.717) is 5.69 Å². The molecule has 0 atom stereocenters. The van der Waals surface area contributed by atoms with Crippen molar-refractivity contribution in [3.05, 3.63) is 47.3 Å². The molecule has 1 N–H and O–H groups in total. The molecule has 4 rings (SSSR count). The molecule has 0 unspecified atom stereocenters. The van der Waals surface area contributed by atoms with Gasteiger partial charge in [0.05, 0.1) is 5.41 Å². The molecular weight excluding hydrogens is 379 g/mol. The van der Waals surface area contributed by atoms with Crippen molar-refractivity contribution < 1.29 is 18.0 Å². The van der Waals surface area contributed by atoms with Crippen LogP contribution in [-0.4, -0.2) is 29.7 Å². The van der Waals surface area contributed by atoms with E-state index in [0.717, 1.165) is 42.9 Å². The summed E-state index contributed by atoms with van der Waals surface area (Å²) >= 11 is 0. The summed E-state index contributed by atoms with van der Waals surface area (Å²) in [4.78, 5) is 14.6. The zero-order valence-corrected chi connectivity index (χ0v) is 16.8. The number of aryl methyl sites for hydroxylation is 2. The van der Waals surface area contributed by atoms with E-state index in [1.165, 1.54) is 5.69 Å². The molecule has 7 heteroatoms. The van der Waals surface area contributed by atoms with E-state index >= 15 is 0 Å². The molecule has 156 valence electrons. The minimum Gasteiger partial charge on any atom is -0.369 e. The molecule has 1 amide bonds. The Morgan fingerprint density at radius 2 is 1.83 bits per heavy atom. The zero-order valence-electron chi connectivity index (χ0n) is 16.8. The highest BCUT2D eigenvalue weighted by molar-refractivity contribution is 5.93. The van der Waals surface area contributed by atoms with Gasteiger partial charge in [-0.1, -0.05) is 0 Å². The Bertz CT molecular complexity index is 882. The smallest absolute Gasteiger partial charge is 0.369 e. The first-order valence-corrected chi connectivity index (χ1v) is 10.1. The summed E-state index contributed by atoms with van der Waals surface area (Å²) in [5, 5.41) is 2.74. The first-order valence-electron chi connectivity index (χ1n) is 10.1. The van der Waals surface area contributed by atoms with Gasteiger partial charge in [-0.3, -0.25) is 4.79 Å². The molecule has 2 aromatic rings. The van der Waals surface area contributed by atoms with Crippen LogP contribution >= 0.6 is 0 Å². The summed E-state index contributed by atoms with van der Waals surface area (Å²) in [7, 11) is 0. The Kier molecular flexibility index (Phi) is 4.87. The molecule has 29 heavy (non-hydrogen) atoms. The van der Waals surface area contributed by atoms with Crippen molar-refractivity contribution in [3.8, 4) is 0 Å². The number of benzene rings is 1. The SMILES string of the molecule is Cc1cc(N2CCc3cccn3CC2)cc(C)c1NC(=O)CC1(C(F)(F)F)CC1. The highest BCUT2D eigenvalue weighted by Gasteiger charge is 2.63. The van der Waals surface area contributed by atoms with Crippen LogP contribution in [0.1, 0.15) is 36.1 Å². The van der Waals surface area contributed by atoms with Crippen molar-refractivity contribution in [2.24, 2.45) is 5.41 Å². The summed E-state index contributed by atoms with van der Waals surface area (Å²) in [6.45, 7) is 6.50. The van der Waals surface area contributed by atoms with Crippen molar-refractivity contribution in [3.63, 3.8) is 0 Å². The molecule has 1 aliphatic carbocycles. The number of nitrogens with zero attached hydrogens (tertiary/aromatic N) is 2. The van der Waals surface area contributed by atoms with Gasteiger partial charge in [-0.2, -0.15) is 13.2 Å². The number of alkyl halides is 3. The average Bonchev–Trinajstić information content (AvgIpc) is 3.34. The summed E-state index contributed by atoms with van der Waals surface area (Å²) in [6.07, 6.45) is -1.67. The first kappa shape index (κ1) is 19.9. The molecule has 1 aromatic carbocycles. The Labute approximate surface area is 168 Å². The van der Waals surface area contributed by atoms with Gasteiger partial charge in [0.25, 0.3) is 0 Å². The molecule has 1 saturated carbocycles. The van der Waals surface area contributed by atoms with Gasteiger partial charge in [0.15, 0.2) is 0 Å². The molecule has 1 fully saturated rings. The number of hydrogen-bond donors (Lipinski definition) is 1. The van der Waals surface area contributed by atoms with E-state index in [1.807, 2.05) is 26.0 Å². The van der Waals surface area contributed by atoms with Crippen LogP contribution < -0.4 is 10.2 Å². The van der Waals surface area contributed by atoms with E-state index in [9.17, 15) is 18.0 Å². The monoisotopic (exact) mass is 405 g/mol. The number of carbonyl (C=O) groups excluding carboxylic acids is 1. The molecule has 1 aliphatic heterocycles. The maximum atomic E-state index is 13.1. The fourth-order valence-electron chi connectivity index (χ4n) is 4.27. The molecule has 0 spiro atoms. The second-order valence-corrected chi connectivity index (χ2v) is 8.39. The fraction of sp³-hybridized carbons (Fsp3) is 0.500. The summed E-state index contributed by atoms with van der Waals surface area (Å²) < 4.78 is 41.7. The molecule has 0 bridgehead atoms. The highest BCUT2D eigenvalue weighted by atomic mass is 19.4. The maximum Gasteiger partial charge on any atom is 0.395 e. The standard InChI is InChI=1S/C22H26F3N3O/c1-15-12-18(28-9-5-17-4-3-8-27(17)10-11-28)13-16(2)20(15)26-19(29)14-21(6-7-21)22(23,24)25/h3-4,8,12-13H,5-7,9-11,14H2,1-2H3,(H,26,29).